The molecule has 1 saturated heterocycles. The van der Waals surface area contributed by atoms with Crippen molar-refractivity contribution in [3.63, 3.8) is 0 Å². The lowest BCUT2D eigenvalue weighted by atomic mass is 9.95. The van der Waals surface area contributed by atoms with Crippen molar-refractivity contribution >= 4 is 33.9 Å². The van der Waals surface area contributed by atoms with E-state index in [1.807, 2.05) is 13.8 Å². The van der Waals surface area contributed by atoms with Gasteiger partial charge in [-0.1, -0.05) is 30.1 Å². The minimum atomic E-state index is -0.966. The van der Waals surface area contributed by atoms with Gasteiger partial charge in [0.1, 0.15) is 23.1 Å². The third-order valence-corrected chi connectivity index (χ3v) is 6.38. The van der Waals surface area contributed by atoms with Gasteiger partial charge in [0.25, 0.3) is 5.78 Å². The molecule has 0 saturated carbocycles. The fraction of sp³-hybridized carbons (Fsp3) is 0.259. The van der Waals surface area contributed by atoms with Crippen molar-refractivity contribution in [3.8, 4) is 17.2 Å². The van der Waals surface area contributed by atoms with E-state index in [-0.39, 0.29) is 23.1 Å². The molecular weight excluding hydrogens is 494 g/mol. The van der Waals surface area contributed by atoms with E-state index in [1.54, 1.807) is 55.5 Å². The monoisotopic (exact) mass is 521 g/mol. The Balaban J connectivity index is 1.88. The highest BCUT2D eigenvalue weighted by molar-refractivity contribution is 7.15. The number of carbonyl (C=O) groups excluding carboxylic acids is 2. The minimum Gasteiger partial charge on any atom is -0.507 e. The summed E-state index contributed by atoms with van der Waals surface area (Å²) in [5, 5.41) is 20.3. The molecule has 37 heavy (non-hydrogen) atoms. The number of amides is 1. The molecule has 0 bridgehead atoms. The second kappa shape index (κ2) is 11.3. The van der Waals surface area contributed by atoms with Gasteiger partial charge in [-0.2, -0.15) is 0 Å². The maximum Gasteiger partial charge on any atom is 0.301 e. The summed E-state index contributed by atoms with van der Waals surface area (Å²) in [6.45, 7) is 10.3. The predicted octanol–water partition coefficient (Wildman–Crippen LogP) is 4.84. The van der Waals surface area contributed by atoms with Crippen LogP contribution in [-0.2, 0) is 9.59 Å². The molecule has 1 amide bonds. The summed E-state index contributed by atoms with van der Waals surface area (Å²) in [6, 6.07) is 10.8. The van der Waals surface area contributed by atoms with Gasteiger partial charge in [0.2, 0.25) is 5.13 Å². The summed E-state index contributed by atoms with van der Waals surface area (Å²) in [6.07, 6.45) is 1.62. The van der Waals surface area contributed by atoms with Crippen LogP contribution in [-0.4, -0.2) is 46.8 Å². The Labute approximate surface area is 218 Å². The molecule has 192 valence electrons. The minimum absolute atomic E-state index is 0.0655. The lowest BCUT2D eigenvalue weighted by Crippen LogP contribution is -2.29. The van der Waals surface area contributed by atoms with E-state index in [0.29, 0.717) is 46.6 Å². The highest BCUT2D eigenvalue weighted by atomic mass is 32.1. The molecule has 0 aliphatic carbocycles. The summed E-state index contributed by atoms with van der Waals surface area (Å²) in [5.74, 6) is -0.396. The Hall–Kier alpha value is -4.18. The van der Waals surface area contributed by atoms with Crippen LogP contribution < -0.4 is 19.1 Å². The van der Waals surface area contributed by atoms with Gasteiger partial charge < -0.3 is 19.3 Å². The largest absolute Gasteiger partial charge is 0.507 e. The number of aryl methyl sites for hydroxylation is 1. The number of hydrogen-bond donors (Lipinski definition) is 1. The van der Waals surface area contributed by atoms with Gasteiger partial charge in [0, 0.05) is 5.56 Å². The Morgan fingerprint density at radius 1 is 1.05 bits per heavy atom. The maximum atomic E-state index is 13.3. The van der Waals surface area contributed by atoms with E-state index < -0.39 is 17.7 Å². The number of Topliss-reactive ketones (excluding diaryl/α,β-unsaturated/α-hetero) is 1. The molecule has 1 aliphatic rings. The van der Waals surface area contributed by atoms with Crippen molar-refractivity contribution in [2.24, 2.45) is 0 Å². The average Bonchev–Trinajstić information content (AvgIpc) is 3.43. The van der Waals surface area contributed by atoms with E-state index >= 15 is 0 Å². The summed E-state index contributed by atoms with van der Waals surface area (Å²) >= 11 is 1.18. The maximum absolute atomic E-state index is 13.3. The number of anilines is 1. The number of ether oxygens (including phenoxy) is 3. The molecule has 1 aromatic heterocycles. The van der Waals surface area contributed by atoms with Crippen LogP contribution >= 0.6 is 11.3 Å². The van der Waals surface area contributed by atoms with Crippen LogP contribution in [0.4, 0.5) is 5.13 Å². The van der Waals surface area contributed by atoms with Crippen LogP contribution in [0, 0.1) is 6.92 Å². The Morgan fingerprint density at radius 2 is 1.78 bits per heavy atom. The van der Waals surface area contributed by atoms with Gasteiger partial charge in [-0.05, 0) is 62.7 Å². The number of aromatic nitrogens is 2. The molecule has 1 unspecified atom stereocenters. The molecule has 2 heterocycles. The number of carbonyl (C=O) groups is 2. The fourth-order valence-electron chi connectivity index (χ4n) is 3.99. The van der Waals surface area contributed by atoms with Crippen LogP contribution in [0.3, 0.4) is 0 Å². The van der Waals surface area contributed by atoms with Gasteiger partial charge in [-0.25, -0.2) is 0 Å². The highest BCUT2D eigenvalue weighted by Crippen LogP contribution is 2.44. The predicted molar refractivity (Wildman–Crippen MR) is 140 cm³/mol. The third kappa shape index (κ3) is 5.19. The topological polar surface area (TPSA) is 111 Å². The first-order valence-electron chi connectivity index (χ1n) is 11.7. The second-order valence-electron chi connectivity index (χ2n) is 7.97. The summed E-state index contributed by atoms with van der Waals surface area (Å²) in [4.78, 5) is 27.9. The molecule has 9 nitrogen and oxygen atoms in total. The van der Waals surface area contributed by atoms with Gasteiger partial charge in [0.05, 0.1) is 24.8 Å². The highest BCUT2D eigenvalue weighted by Gasteiger charge is 2.48. The quantitative estimate of drug-likeness (QED) is 0.175. The summed E-state index contributed by atoms with van der Waals surface area (Å²) in [7, 11) is 0. The lowest BCUT2D eigenvalue weighted by Gasteiger charge is -2.23. The van der Waals surface area contributed by atoms with Crippen molar-refractivity contribution < 1.29 is 28.9 Å². The SMILES string of the molecule is C=CCOc1ccc(C2C(=C(O)c3ccc(OCC)cc3)C(=O)C(=O)N2c2nnc(C)s2)cc1OCC. The zero-order chi connectivity index (χ0) is 26.5. The van der Waals surface area contributed by atoms with Gasteiger partial charge in [-0.3, -0.25) is 14.5 Å². The van der Waals surface area contributed by atoms with Crippen molar-refractivity contribution in [3.05, 3.63) is 76.8 Å². The molecule has 3 aromatic rings. The van der Waals surface area contributed by atoms with Gasteiger partial charge in [-0.15, -0.1) is 10.2 Å². The normalized spacial score (nSPS) is 16.6. The molecule has 1 atom stereocenters. The molecule has 4 rings (SSSR count). The van der Waals surface area contributed by atoms with Crippen molar-refractivity contribution in [1.82, 2.24) is 10.2 Å². The molecule has 2 aromatic carbocycles. The number of ketones is 1. The second-order valence-corrected chi connectivity index (χ2v) is 9.13. The first kappa shape index (κ1) is 25.9. The van der Waals surface area contributed by atoms with Gasteiger partial charge in [0.15, 0.2) is 11.5 Å². The van der Waals surface area contributed by atoms with Crippen molar-refractivity contribution in [2.75, 3.05) is 24.7 Å². The van der Waals surface area contributed by atoms with Crippen molar-refractivity contribution in [1.29, 1.82) is 0 Å². The van der Waals surface area contributed by atoms with E-state index in [0.717, 1.165) is 0 Å². The first-order chi connectivity index (χ1) is 17.9. The molecule has 0 radical (unpaired) electrons. The van der Waals surface area contributed by atoms with E-state index in [9.17, 15) is 14.7 Å². The molecule has 10 heteroatoms. The summed E-state index contributed by atoms with van der Waals surface area (Å²) < 4.78 is 17.0. The number of hydrogen-bond acceptors (Lipinski definition) is 9. The van der Waals surface area contributed by atoms with Gasteiger partial charge >= 0.3 is 5.91 Å². The fourth-order valence-corrected chi connectivity index (χ4v) is 4.71. The first-order valence-corrected chi connectivity index (χ1v) is 12.6. The molecule has 0 spiro atoms. The zero-order valence-corrected chi connectivity index (χ0v) is 21.6. The Bertz CT molecular complexity index is 1350. The third-order valence-electron chi connectivity index (χ3n) is 5.54. The molecule has 1 fully saturated rings. The van der Waals surface area contributed by atoms with Crippen LogP contribution in [0.15, 0.2) is 60.7 Å². The zero-order valence-electron chi connectivity index (χ0n) is 20.8. The van der Waals surface area contributed by atoms with E-state index in [4.69, 9.17) is 14.2 Å². The number of nitrogens with zero attached hydrogens (tertiary/aromatic N) is 3. The molecule has 1 N–H and O–H groups in total. The smallest absolute Gasteiger partial charge is 0.301 e. The molecule has 1 aliphatic heterocycles. The number of rotatable bonds is 10. The van der Waals surface area contributed by atoms with E-state index in [2.05, 4.69) is 16.8 Å². The molecular formula is C27H27N3O6S. The number of aliphatic hydroxyl groups is 1. The van der Waals surface area contributed by atoms with Crippen LogP contribution in [0.5, 0.6) is 17.2 Å². The lowest BCUT2D eigenvalue weighted by molar-refractivity contribution is -0.132. The van der Waals surface area contributed by atoms with E-state index in [1.165, 1.54) is 16.2 Å². The summed E-state index contributed by atoms with van der Waals surface area (Å²) in [5.41, 5.74) is 0.842. The van der Waals surface area contributed by atoms with Crippen molar-refractivity contribution in [2.45, 2.75) is 26.8 Å². The average molecular weight is 522 g/mol. The number of benzene rings is 2. The number of aliphatic hydroxyl groups excluding tert-OH is 1. The standard InChI is InChI=1S/C27H27N3O6S/c1-5-14-36-20-13-10-18(15-21(20)35-7-3)23-22(24(31)17-8-11-19(12-9-17)34-6-2)25(32)26(33)30(23)27-29-28-16(4)37-27/h5,8-13,15,23,31H,1,6-7,14H2,2-4H3. The van der Waals surface area contributed by atoms with Crippen LogP contribution in [0.25, 0.3) is 5.76 Å². The Morgan fingerprint density at radius 3 is 2.41 bits per heavy atom. The van der Waals surface area contributed by atoms with Crippen LogP contribution in [0.2, 0.25) is 0 Å². The van der Waals surface area contributed by atoms with Crippen LogP contribution in [0.1, 0.15) is 36.0 Å². The Kier molecular flexibility index (Phi) is 7.88.